The van der Waals surface area contributed by atoms with Gasteiger partial charge in [-0.25, -0.2) is 0 Å². The van der Waals surface area contributed by atoms with E-state index < -0.39 is 23.6 Å². The molecule has 0 bridgehead atoms. The zero-order valence-corrected chi connectivity index (χ0v) is 17.4. The summed E-state index contributed by atoms with van der Waals surface area (Å²) in [6, 6.07) is 17.4. The maximum atomic E-state index is 13.2. The van der Waals surface area contributed by atoms with Crippen molar-refractivity contribution in [1.29, 1.82) is 0 Å². The number of aromatic nitrogens is 3. The van der Waals surface area contributed by atoms with Crippen LogP contribution in [0.4, 0.5) is 0 Å². The Morgan fingerprint density at radius 1 is 1.06 bits per heavy atom. The molecule has 0 aliphatic heterocycles. The molecular formula is C24H21N5O3. The van der Waals surface area contributed by atoms with Gasteiger partial charge in [0.2, 0.25) is 5.78 Å². The van der Waals surface area contributed by atoms with Crippen molar-refractivity contribution in [3.63, 3.8) is 0 Å². The zero-order valence-electron chi connectivity index (χ0n) is 17.4. The lowest BCUT2D eigenvalue weighted by molar-refractivity contribution is -0.137. The molecule has 2 aromatic heterocycles. The van der Waals surface area contributed by atoms with Gasteiger partial charge in [0.05, 0.1) is 11.1 Å². The Kier molecular flexibility index (Phi) is 5.76. The van der Waals surface area contributed by atoms with Crippen LogP contribution in [0.15, 0.2) is 73.1 Å². The fourth-order valence-corrected chi connectivity index (χ4v) is 3.55. The first-order chi connectivity index (χ1) is 15.4. The minimum Gasteiger partial charge on any atom is -0.363 e. The third-order valence-electron chi connectivity index (χ3n) is 5.10. The van der Waals surface area contributed by atoms with Crippen molar-refractivity contribution in [1.82, 2.24) is 20.1 Å². The molecule has 32 heavy (non-hydrogen) atoms. The minimum absolute atomic E-state index is 0.143. The van der Waals surface area contributed by atoms with Gasteiger partial charge in [-0.05, 0) is 17.7 Å². The summed E-state index contributed by atoms with van der Waals surface area (Å²) in [5.41, 5.74) is 8.22. The highest BCUT2D eigenvalue weighted by Gasteiger charge is 2.27. The van der Waals surface area contributed by atoms with Crippen LogP contribution in [0.3, 0.4) is 0 Å². The Labute approximate surface area is 184 Å². The van der Waals surface area contributed by atoms with Gasteiger partial charge in [0, 0.05) is 36.8 Å². The van der Waals surface area contributed by atoms with Crippen molar-refractivity contribution < 1.29 is 14.4 Å². The van der Waals surface area contributed by atoms with Gasteiger partial charge in [0.25, 0.3) is 11.8 Å². The standard InChI is InChI=1S/C24H21N5O3/c1-29-14-18(21(28-29)17-10-9-16-8-5-11-26-19(16)13-17)24(32)27-20(22(30)23(25)31)12-15-6-3-2-4-7-15/h2-11,13-14,20H,12H2,1H3,(H2,25,31)(H,27,32). The van der Waals surface area contributed by atoms with Crippen LogP contribution in [0, 0.1) is 0 Å². The van der Waals surface area contributed by atoms with Gasteiger partial charge in [0.15, 0.2) is 0 Å². The number of benzene rings is 2. The SMILES string of the molecule is Cn1cc(C(=O)NC(Cc2ccccc2)C(=O)C(N)=O)c(-c2ccc3cccnc3c2)n1. The van der Waals surface area contributed by atoms with Gasteiger partial charge in [-0.2, -0.15) is 5.10 Å². The molecule has 0 saturated heterocycles. The predicted octanol–water partition coefficient (Wildman–Crippen LogP) is 2.03. The number of pyridine rings is 1. The number of carbonyl (C=O) groups excluding carboxylic acids is 3. The van der Waals surface area contributed by atoms with E-state index >= 15 is 0 Å². The van der Waals surface area contributed by atoms with E-state index in [2.05, 4.69) is 15.4 Å². The number of primary amides is 1. The van der Waals surface area contributed by atoms with Gasteiger partial charge < -0.3 is 11.1 Å². The second-order valence-corrected chi connectivity index (χ2v) is 7.42. The summed E-state index contributed by atoms with van der Waals surface area (Å²) < 4.78 is 1.52. The highest BCUT2D eigenvalue weighted by atomic mass is 16.2. The summed E-state index contributed by atoms with van der Waals surface area (Å²) in [6.07, 6.45) is 3.41. The highest BCUT2D eigenvalue weighted by molar-refractivity contribution is 6.38. The normalized spacial score (nSPS) is 11.8. The van der Waals surface area contributed by atoms with E-state index in [0.29, 0.717) is 11.3 Å². The number of hydrogen-bond acceptors (Lipinski definition) is 5. The van der Waals surface area contributed by atoms with E-state index in [9.17, 15) is 14.4 Å². The number of aryl methyl sites for hydroxylation is 1. The van der Waals surface area contributed by atoms with Crippen LogP contribution in [0.1, 0.15) is 15.9 Å². The Morgan fingerprint density at radius 2 is 1.84 bits per heavy atom. The maximum Gasteiger partial charge on any atom is 0.287 e. The lowest BCUT2D eigenvalue weighted by Crippen LogP contribution is -2.47. The number of nitrogens with one attached hydrogen (secondary N) is 1. The van der Waals surface area contributed by atoms with Crippen LogP contribution >= 0.6 is 0 Å². The van der Waals surface area contributed by atoms with Gasteiger partial charge in [-0.15, -0.1) is 0 Å². The number of hydrogen-bond donors (Lipinski definition) is 2. The molecule has 0 aliphatic rings. The van der Waals surface area contributed by atoms with Gasteiger partial charge in [0.1, 0.15) is 11.7 Å². The van der Waals surface area contributed by atoms with E-state index in [0.717, 1.165) is 16.5 Å². The van der Waals surface area contributed by atoms with Crippen molar-refractivity contribution in [3.05, 3.63) is 84.2 Å². The zero-order chi connectivity index (χ0) is 22.7. The second-order valence-electron chi connectivity index (χ2n) is 7.42. The average molecular weight is 427 g/mol. The highest BCUT2D eigenvalue weighted by Crippen LogP contribution is 2.25. The molecule has 8 heteroatoms. The third-order valence-corrected chi connectivity index (χ3v) is 5.10. The summed E-state index contributed by atoms with van der Waals surface area (Å²) in [5, 5.41) is 8.06. The van der Waals surface area contributed by atoms with Crippen molar-refractivity contribution in [2.24, 2.45) is 12.8 Å². The third kappa shape index (κ3) is 4.39. The first kappa shape index (κ1) is 20.9. The molecule has 2 aromatic carbocycles. The number of fused-ring (bicyclic) bond motifs is 1. The molecule has 1 unspecified atom stereocenters. The van der Waals surface area contributed by atoms with Crippen molar-refractivity contribution in [3.8, 4) is 11.3 Å². The molecule has 4 aromatic rings. The van der Waals surface area contributed by atoms with Gasteiger partial charge in [-0.1, -0.05) is 48.5 Å². The van der Waals surface area contributed by atoms with Gasteiger partial charge in [-0.3, -0.25) is 24.0 Å². The van der Waals surface area contributed by atoms with Crippen LogP contribution < -0.4 is 11.1 Å². The quantitative estimate of drug-likeness (QED) is 0.437. The van der Waals surface area contributed by atoms with Crippen molar-refractivity contribution >= 4 is 28.5 Å². The van der Waals surface area contributed by atoms with Crippen LogP contribution in [-0.2, 0) is 23.1 Å². The summed E-state index contributed by atoms with van der Waals surface area (Å²) in [4.78, 5) is 41.5. The minimum atomic E-state index is -1.10. The average Bonchev–Trinajstić information content (AvgIpc) is 3.20. The Hall–Kier alpha value is -4.33. The maximum absolute atomic E-state index is 13.2. The Bertz CT molecular complexity index is 1310. The summed E-state index contributed by atoms with van der Waals surface area (Å²) in [7, 11) is 1.70. The first-order valence-electron chi connectivity index (χ1n) is 9.99. The number of Topliss-reactive ketones (excluding diaryl/α,β-unsaturated/α-hetero) is 1. The molecule has 0 radical (unpaired) electrons. The number of rotatable bonds is 7. The monoisotopic (exact) mass is 427 g/mol. The molecular weight excluding hydrogens is 406 g/mol. The van der Waals surface area contributed by atoms with Crippen LogP contribution in [0.5, 0.6) is 0 Å². The summed E-state index contributed by atoms with van der Waals surface area (Å²) in [6.45, 7) is 0. The lowest BCUT2D eigenvalue weighted by atomic mass is 10.0. The first-order valence-corrected chi connectivity index (χ1v) is 9.99. The van der Waals surface area contributed by atoms with Crippen LogP contribution in [-0.4, -0.2) is 38.4 Å². The molecule has 0 fully saturated rings. The largest absolute Gasteiger partial charge is 0.363 e. The van der Waals surface area contributed by atoms with Crippen LogP contribution in [0.25, 0.3) is 22.2 Å². The molecule has 1 atom stereocenters. The Morgan fingerprint density at radius 3 is 2.59 bits per heavy atom. The van der Waals surface area contributed by atoms with E-state index in [1.807, 2.05) is 60.7 Å². The molecule has 2 amide bonds. The fourth-order valence-electron chi connectivity index (χ4n) is 3.55. The number of carbonyl (C=O) groups is 3. The van der Waals surface area contributed by atoms with Crippen molar-refractivity contribution in [2.45, 2.75) is 12.5 Å². The Balaban J connectivity index is 1.65. The van der Waals surface area contributed by atoms with E-state index in [1.165, 1.54) is 4.68 Å². The van der Waals surface area contributed by atoms with E-state index in [4.69, 9.17) is 5.73 Å². The van der Waals surface area contributed by atoms with Gasteiger partial charge >= 0.3 is 0 Å². The molecule has 3 N–H and O–H groups in total. The predicted molar refractivity (Wildman–Crippen MR) is 120 cm³/mol. The van der Waals surface area contributed by atoms with E-state index in [1.54, 1.807) is 19.4 Å². The van der Waals surface area contributed by atoms with E-state index in [-0.39, 0.29) is 12.0 Å². The number of amides is 2. The topological polar surface area (TPSA) is 120 Å². The summed E-state index contributed by atoms with van der Waals surface area (Å²) in [5.74, 6) is -2.48. The number of ketones is 1. The molecule has 0 spiro atoms. The van der Waals surface area contributed by atoms with Crippen molar-refractivity contribution in [2.75, 3.05) is 0 Å². The number of nitrogens with zero attached hydrogens (tertiary/aromatic N) is 3. The summed E-state index contributed by atoms with van der Waals surface area (Å²) >= 11 is 0. The number of nitrogens with two attached hydrogens (primary N) is 1. The molecule has 0 aliphatic carbocycles. The smallest absolute Gasteiger partial charge is 0.287 e. The second kappa shape index (κ2) is 8.81. The fraction of sp³-hybridized carbons (Fsp3) is 0.125. The molecule has 8 nitrogen and oxygen atoms in total. The molecule has 4 rings (SSSR count). The molecule has 160 valence electrons. The van der Waals surface area contributed by atoms with Crippen LogP contribution in [0.2, 0.25) is 0 Å². The molecule has 2 heterocycles. The molecule has 0 saturated carbocycles. The lowest BCUT2D eigenvalue weighted by Gasteiger charge is -2.16.